The van der Waals surface area contributed by atoms with Gasteiger partial charge in [-0.25, -0.2) is 8.42 Å². The molecule has 1 saturated heterocycles. The minimum Gasteiger partial charge on any atom is -0.372 e. The first-order valence-electron chi connectivity index (χ1n) is 11.6. The average Bonchev–Trinajstić information content (AvgIpc) is 2.84. The third-order valence-electron chi connectivity index (χ3n) is 6.09. The fourth-order valence-electron chi connectivity index (χ4n) is 4.10. The SMILES string of the molecule is Cc1ccc(N(CC(=O)Nc2ccc(N3CCCCC3)cc2)S(=O)(=O)c2ccc(C)cc2)cc1. The number of sulfonamides is 1. The minimum atomic E-state index is -3.93. The van der Waals surface area contributed by atoms with Crippen molar-refractivity contribution in [3.05, 3.63) is 83.9 Å². The molecule has 0 saturated carbocycles. The molecule has 3 aromatic carbocycles. The van der Waals surface area contributed by atoms with Gasteiger partial charge in [-0.2, -0.15) is 0 Å². The number of hydrogen-bond donors (Lipinski definition) is 1. The number of carbonyl (C=O) groups excluding carboxylic acids is 1. The Kier molecular flexibility index (Phi) is 7.22. The summed E-state index contributed by atoms with van der Waals surface area (Å²) in [6, 6.07) is 21.5. The molecule has 178 valence electrons. The van der Waals surface area contributed by atoms with Gasteiger partial charge in [-0.15, -0.1) is 0 Å². The van der Waals surface area contributed by atoms with Gasteiger partial charge in [-0.05, 0) is 81.6 Å². The number of amides is 1. The van der Waals surface area contributed by atoms with Gasteiger partial charge in [0.05, 0.1) is 10.6 Å². The van der Waals surface area contributed by atoms with E-state index in [1.54, 1.807) is 36.4 Å². The molecule has 4 rings (SSSR count). The predicted molar refractivity (Wildman–Crippen MR) is 138 cm³/mol. The molecule has 0 radical (unpaired) electrons. The highest BCUT2D eigenvalue weighted by Gasteiger charge is 2.27. The van der Waals surface area contributed by atoms with Crippen molar-refractivity contribution < 1.29 is 13.2 Å². The molecule has 1 heterocycles. The van der Waals surface area contributed by atoms with Crippen LogP contribution >= 0.6 is 0 Å². The van der Waals surface area contributed by atoms with Crippen molar-refractivity contribution in [2.24, 2.45) is 0 Å². The Labute approximate surface area is 202 Å². The van der Waals surface area contributed by atoms with E-state index in [1.807, 2.05) is 50.2 Å². The highest BCUT2D eigenvalue weighted by molar-refractivity contribution is 7.92. The van der Waals surface area contributed by atoms with Crippen molar-refractivity contribution in [1.82, 2.24) is 0 Å². The third kappa shape index (κ3) is 5.59. The predicted octanol–water partition coefficient (Wildman–Crippen LogP) is 5.13. The summed E-state index contributed by atoms with van der Waals surface area (Å²) in [4.78, 5) is 15.5. The van der Waals surface area contributed by atoms with Crippen molar-refractivity contribution in [3.63, 3.8) is 0 Å². The Bertz CT molecular complexity index is 1220. The summed E-state index contributed by atoms with van der Waals surface area (Å²) in [6.45, 7) is 5.61. The Morgan fingerprint density at radius 1 is 0.824 bits per heavy atom. The van der Waals surface area contributed by atoms with Crippen LogP contribution in [0.2, 0.25) is 0 Å². The van der Waals surface area contributed by atoms with Crippen LogP contribution in [0.5, 0.6) is 0 Å². The number of benzene rings is 3. The Morgan fingerprint density at radius 2 is 1.38 bits per heavy atom. The Morgan fingerprint density at radius 3 is 1.97 bits per heavy atom. The number of rotatable bonds is 7. The summed E-state index contributed by atoms with van der Waals surface area (Å²) < 4.78 is 28.1. The van der Waals surface area contributed by atoms with Crippen LogP contribution in [0.4, 0.5) is 17.1 Å². The molecule has 0 aliphatic carbocycles. The second-order valence-corrected chi connectivity index (χ2v) is 10.7. The van der Waals surface area contributed by atoms with E-state index in [4.69, 9.17) is 0 Å². The van der Waals surface area contributed by atoms with Crippen LogP contribution in [0.15, 0.2) is 77.7 Å². The second kappa shape index (κ2) is 10.3. The van der Waals surface area contributed by atoms with Crippen LogP contribution in [0, 0.1) is 13.8 Å². The Hall–Kier alpha value is -3.32. The molecule has 1 N–H and O–H groups in total. The molecule has 34 heavy (non-hydrogen) atoms. The molecule has 1 amide bonds. The van der Waals surface area contributed by atoms with Gasteiger partial charge in [-0.1, -0.05) is 35.4 Å². The van der Waals surface area contributed by atoms with Gasteiger partial charge in [0.1, 0.15) is 6.54 Å². The van der Waals surface area contributed by atoms with Crippen molar-refractivity contribution in [2.45, 2.75) is 38.0 Å². The van der Waals surface area contributed by atoms with Crippen molar-refractivity contribution in [3.8, 4) is 0 Å². The molecule has 1 aliphatic rings. The lowest BCUT2D eigenvalue weighted by Crippen LogP contribution is -2.38. The zero-order valence-electron chi connectivity index (χ0n) is 19.7. The number of piperidine rings is 1. The molecule has 0 spiro atoms. The van der Waals surface area contributed by atoms with E-state index in [0.29, 0.717) is 11.4 Å². The summed E-state index contributed by atoms with van der Waals surface area (Å²) >= 11 is 0. The highest BCUT2D eigenvalue weighted by Crippen LogP contribution is 2.25. The first-order valence-corrected chi connectivity index (χ1v) is 13.1. The molecular weight excluding hydrogens is 446 g/mol. The molecule has 1 fully saturated rings. The first-order chi connectivity index (χ1) is 16.3. The van der Waals surface area contributed by atoms with Crippen LogP contribution in [0.1, 0.15) is 30.4 Å². The smallest absolute Gasteiger partial charge is 0.264 e. The van der Waals surface area contributed by atoms with Crippen molar-refractivity contribution in [1.29, 1.82) is 0 Å². The van der Waals surface area contributed by atoms with Crippen molar-refractivity contribution in [2.75, 3.05) is 34.2 Å². The summed E-state index contributed by atoms with van der Waals surface area (Å²) in [7, 11) is -3.93. The Balaban J connectivity index is 1.53. The number of carbonyl (C=O) groups is 1. The third-order valence-corrected chi connectivity index (χ3v) is 7.88. The van der Waals surface area contributed by atoms with E-state index in [2.05, 4.69) is 10.2 Å². The van der Waals surface area contributed by atoms with E-state index in [9.17, 15) is 13.2 Å². The van der Waals surface area contributed by atoms with Gasteiger partial charge in [0, 0.05) is 24.5 Å². The van der Waals surface area contributed by atoms with Crippen LogP contribution in [0.25, 0.3) is 0 Å². The summed E-state index contributed by atoms with van der Waals surface area (Å²) in [5.41, 5.74) is 4.20. The zero-order chi connectivity index (χ0) is 24.1. The first kappa shape index (κ1) is 23.8. The number of anilines is 3. The van der Waals surface area contributed by atoms with Crippen molar-refractivity contribution >= 4 is 33.0 Å². The summed E-state index contributed by atoms with van der Waals surface area (Å²) in [5.74, 6) is -0.401. The fraction of sp³-hybridized carbons (Fsp3) is 0.296. The normalized spacial score (nSPS) is 14.0. The van der Waals surface area contributed by atoms with Gasteiger partial charge in [0.15, 0.2) is 0 Å². The van der Waals surface area contributed by atoms with Gasteiger partial charge in [0.2, 0.25) is 5.91 Å². The van der Waals surface area contributed by atoms with Gasteiger partial charge in [0.25, 0.3) is 10.0 Å². The van der Waals surface area contributed by atoms with E-state index >= 15 is 0 Å². The van der Waals surface area contributed by atoms with E-state index in [-0.39, 0.29) is 11.4 Å². The lowest BCUT2D eigenvalue weighted by molar-refractivity contribution is -0.114. The summed E-state index contributed by atoms with van der Waals surface area (Å²) in [6.07, 6.45) is 3.67. The average molecular weight is 478 g/mol. The summed E-state index contributed by atoms with van der Waals surface area (Å²) in [5, 5.41) is 2.85. The monoisotopic (exact) mass is 477 g/mol. The molecule has 1 aliphatic heterocycles. The number of nitrogens with one attached hydrogen (secondary N) is 1. The number of aryl methyl sites for hydroxylation is 2. The molecule has 0 unspecified atom stereocenters. The van der Waals surface area contributed by atoms with Gasteiger partial charge < -0.3 is 10.2 Å². The second-order valence-electron chi connectivity index (χ2n) is 8.80. The van der Waals surface area contributed by atoms with Crippen LogP contribution in [0.3, 0.4) is 0 Å². The number of nitrogens with zero attached hydrogens (tertiary/aromatic N) is 2. The lowest BCUT2D eigenvalue weighted by atomic mass is 10.1. The van der Waals surface area contributed by atoms with E-state index in [0.717, 1.165) is 34.2 Å². The molecule has 7 heteroatoms. The standard InChI is InChI=1S/C27H31N3O3S/c1-21-6-12-25(13-7-21)30(34(32,33)26-16-8-22(2)9-17-26)20-27(31)28-23-10-14-24(15-11-23)29-18-4-3-5-19-29/h6-17H,3-5,18-20H2,1-2H3,(H,28,31). The molecular formula is C27H31N3O3S. The highest BCUT2D eigenvalue weighted by atomic mass is 32.2. The van der Waals surface area contributed by atoms with Gasteiger partial charge in [-0.3, -0.25) is 9.10 Å². The molecule has 0 atom stereocenters. The minimum absolute atomic E-state index is 0.150. The topological polar surface area (TPSA) is 69.7 Å². The maximum absolute atomic E-state index is 13.5. The molecule has 6 nitrogen and oxygen atoms in total. The fourth-order valence-corrected chi connectivity index (χ4v) is 5.52. The molecule has 0 bridgehead atoms. The van der Waals surface area contributed by atoms with E-state index < -0.39 is 15.9 Å². The largest absolute Gasteiger partial charge is 0.372 e. The van der Waals surface area contributed by atoms with E-state index in [1.165, 1.54) is 19.3 Å². The zero-order valence-corrected chi connectivity index (χ0v) is 20.5. The molecule has 0 aromatic heterocycles. The van der Waals surface area contributed by atoms with Crippen LogP contribution in [-0.4, -0.2) is 34.0 Å². The lowest BCUT2D eigenvalue weighted by Gasteiger charge is -2.29. The number of hydrogen-bond acceptors (Lipinski definition) is 4. The quantitative estimate of drug-likeness (QED) is 0.512. The maximum atomic E-state index is 13.5. The van der Waals surface area contributed by atoms with Gasteiger partial charge >= 0.3 is 0 Å². The molecule has 3 aromatic rings. The van der Waals surface area contributed by atoms with Crippen LogP contribution < -0.4 is 14.5 Å². The maximum Gasteiger partial charge on any atom is 0.264 e. The van der Waals surface area contributed by atoms with Crippen LogP contribution in [-0.2, 0) is 14.8 Å².